The molecule has 1 saturated heterocycles. The molecule has 0 bridgehead atoms. The third-order valence-corrected chi connectivity index (χ3v) is 3.15. The van der Waals surface area contributed by atoms with Crippen molar-refractivity contribution in [3.05, 3.63) is 30.1 Å². The van der Waals surface area contributed by atoms with Crippen LogP contribution in [0.25, 0.3) is 0 Å². The topological polar surface area (TPSA) is 58.0 Å². The van der Waals surface area contributed by atoms with Crippen LogP contribution in [0.2, 0.25) is 0 Å². The monoisotopic (exact) mass is 263 g/mol. The predicted octanol–water partition coefficient (Wildman–Crippen LogP) is 1.28. The van der Waals surface area contributed by atoms with Crippen molar-refractivity contribution in [2.45, 2.75) is 25.4 Å². The maximum Gasteiger partial charge on any atom is 0.144 e. The number of likely N-dealkylation sites (tertiary alicyclic amines) is 1. The minimum atomic E-state index is -0.482. The van der Waals surface area contributed by atoms with Gasteiger partial charge in [-0.3, -0.25) is 4.98 Å². The molecule has 0 amide bonds. The highest BCUT2D eigenvalue weighted by atomic mass is 16.6. The quantitative estimate of drug-likeness (QED) is 0.620. The molecular weight excluding hydrogens is 242 g/mol. The van der Waals surface area contributed by atoms with E-state index in [2.05, 4.69) is 15.0 Å². The van der Waals surface area contributed by atoms with Crippen molar-refractivity contribution in [2.24, 2.45) is 5.16 Å². The van der Waals surface area contributed by atoms with E-state index in [4.69, 9.17) is 4.84 Å². The number of rotatable bonds is 6. The third kappa shape index (κ3) is 5.36. The molecule has 0 aromatic carbocycles. The molecule has 1 N–H and O–H groups in total. The average Bonchev–Trinajstić information content (AvgIpc) is 2.46. The van der Waals surface area contributed by atoms with Crippen LogP contribution in [-0.2, 0) is 4.84 Å². The number of aromatic nitrogens is 1. The Morgan fingerprint density at radius 3 is 3.00 bits per heavy atom. The lowest BCUT2D eigenvalue weighted by molar-refractivity contribution is 0.0163. The lowest BCUT2D eigenvalue weighted by Crippen LogP contribution is -2.37. The number of piperidine rings is 1. The summed E-state index contributed by atoms with van der Waals surface area (Å²) in [4.78, 5) is 11.4. The highest BCUT2D eigenvalue weighted by molar-refractivity contribution is 5.78. The molecule has 1 aromatic heterocycles. The number of β-amino-alcohol motifs (C(OH)–C–C–N with tert-alkyl or cyclic N) is 1. The standard InChI is InChI=1S/C14H21N3O2/c18-14(11-17-7-2-1-3-8-17)12-19-16-10-13-5-4-6-15-9-13/h4-6,9-10,14,18H,1-3,7-8,11-12H2. The fraction of sp³-hybridized carbons (Fsp3) is 0.571. The summed E-state index contributed by atoms with van der Waals surface area (Å²) >= 11 is 0. The van der Waals surface area contributed by atoms with Crippen LogP contribution in [0, 0.1) is 0 Å². The van der Waals surface area contributed by atoms with E-state index in [1.54, 1.807) is 18.6 Å². The van der Waals surface area contributed by atoms with Crippen LogP contribution in [0.15, 0.2) is 29.7 Å². The molecule has 2 heterocycles. The maximum absolute atomic E-state index is 9.85. The predicted molar refractivity (Wildman–Crippen MR) is 74.1 cm³/mol. The zero-order valence-electron chi connectivity index (χ0n) is 11.1. The van der Waals surface area contributed by atoms with Crippen molar-refractivity contribution >= 4 is 6.21 Å². The van der Waals surface area contributed by atoms with Gasteiger partial charge < -0.3 is 14.8 Å². The molecule has 5 nitrogen and oxygen atoms in total. The molecule has 104 valence electrons. The van der Waals surface area contributed by atoms with Gasteiger partial charge in [0.2, 0.25) is 0 Å². The van der Waals surface area contributed by atoms with Crippen LogP contribution in [0.1, 0.15) is 24.8 Å². The number of oxime groups is 1. The van der Waals surface area contributed by atoms with E-state index in [0.29, 0.717) is 6.54 Å². The second-order valence-electron chi connectivity index (χ2n) is 4.83. The number of nitrogens with zero attached hydrogens (tertiary/aromatic N) is 3. The average molecular weight is 263 g/mol. The normalized spacial score (nSPS) is 18.6. The van der Waals surface area contributed by atoms with Gasteiger partial charge in [0, 0.05) is 24.5 Å². The van der Waals surface area contributed by atoms with E-state index in [1.807, 2.05) is 12.1 Å². The number of aliphatic hydroxyl groups excluding tert-OH is 1. The molecule has 1 aliphatic heterocycles. The van der Waals surface area contributed by atoms with Gasteiger partial charge in [0.05, 0.1) is 6.21 Å². The molecule has 1 aliphatic rings. The second kappa shape index (κ2) is 7.86. The van der Waals surface area contributed by atoms with Crippen LogP contribution in [0.5, 0.6) is 0 Å². The van der Waals surface area contributed by atoms with Crippen LogP contribution >= 0.6 is 0 Å². The van der Waals surface area contributed by atoms with Crippen LogP contribution in [-0.4, -0.2) is 53.6 Å². The van der Waals surface area contributed by atoms with E-state index in [9.17, 15) is 5.11 Å². The first-order chi connectivity index (χ1) is 9.34. The highest BCUT2D eigenvalue weighted by Gasteiger charge is 2.14. The van der Waals surface area contributed by atoms with Crippen LogP contribution < -0.4 is 0 Å². The van der Waals surface area contributed by atoms with Gasteiger partial charge in [-0.1, -0.05) is 17.6 Å². The Bertz CT molecular complexity index is 378. The third-order valence-electron chi connectivity index (χ3n) is 3.15. The summed E-state index contributed by atoms with van der Waals surface area (Å²) in [5, 5.41) is 13.7. The van der Waals surface area contributed by atoms with E-state index in [1.165, 1.54) is 19.3 Å². The molecule has 0 spiro atoms. The van der Waals surface area contributed by atoms with Crippen molar-refractivity contribution in [1.82, 2.24) is 9.88 Å². The molecule has 2 rings (SSSR count). The van der Waals surface area contributed by atoms with E-state index < -0.39 is 6.10 Å². The summed E-state index contributed by atoms with van der Waals surface area (Å²) in [6, 6.07) is 3.73. The molecular formula is C14H21N3O2. The number of hydrogen-bond acceptors (Lipinski definition) is 5. The van der Waals surface area contributed by atoms with E-state index >= 15 is 0 Å². The van der Waals surface area contributed by atoms with Gasteiger partial charge in [0.1, 0.15) is 12.7 Å². The summed E-state index contributed by atoms with van der Waals surface area (Å²) in [6.45, 7) is 3.06. The van der Waals surface area contributed by atoms with Crippen molar-refractivity contribution < 1.29 is 9.94 Å². The summed E-state index contributed by atoms with van der Waals surface area (Å²) in [5.41, 5.74) is 0.882. The summed E-state index contributed by atoms with van der Waals surface area (Å²) in [6.07, 6.45) is 8.29. The smallest absolute Gasteiger partial charge is 0.144 e. The maximum atomic E-state index is 9.85. The SMILES string of the molecule is OC(CON=Cc1cccnc1)CN1CCCCC1. The van der Waals surface area contributed by atoms with Gasteiger partial charge in [0.25, 0.3) is 0 Å². The Kier molecular flexibility index (Phi) is 5.78. The Morgan fingerprint density at radius 2 is 2.26 bits per heavy atom. The molecule has 1 aromatic rings. The van der Waals surface area contributed by atoms with Gasteiger partial charge >= 0.3 is 0 Å². The molecule has 19 heavy (non-hydrogen) atoms. The first-order valence-corrected chi connectivity index (χ1v) is 6.80. The lowest BCUT2D eigenvalue weighted by Gasteiger charge is -2.27. The zero-order chi connectivity index (χ0) is 13.3. The Morgan fingerprint density at radius 1 is 1.42 bits per heavy atom. The fourth-order valence-electron chi connectivity index (χ4n) is 2.17. The van der Waals surface area contributed by atoms with Gasteiger partial charge in [-0.2, -0.15) is 0 Å². The van der Waals surface area contributed by atoms with Crippen LogP contribution in [0.3, 0.4) is 0 Å². The van der Waals surface area contributed by atoms with Crippen molar-refractivity contribution in [2.75, 3.05) is 26.2 Å². The minimum absolute atomic E-state index is 0.229. The van der Waals surface area contributed by atoms with Crippen LogP contribution in [0.4, 0.5) is 0 Å². The molecule has 5 heteroatoms. The van der Waals surface area contributed by atoms with E-state index in [-0.39, 0.29) is 6.61 Å². The highest BCUT2D eigenvalue weighted by Crippen LogP contribution is 2.08. The molecule has 0 saturated carbocycles. The molecule has 0 aliphatic carbocycles. The Hall–Kier alpha value is -1.46. The summed E-state index contributed by atoms with van der Waals surface area (Å²) < 4.78 is 0. The van der Waals surface area contributed by atoms with Crippen molar-refractivity contribution in [3.8, 4) is 0 Å². The number of hydrogen-bond donors (Lipinski definition) is 1. The van der Waals surface area contributed by atoms with Gasteiger partial charge in [-0.05, 0) is 32.0 Å². The molecule has 1 unspecified atom stereocenters. The Labute approximate surface area is 113 Å². The first kappa shape index (κ1) is 14.0. The zero-order valence-corrected chi connectivity index (χ0v) is 11.1. The molecule has 1 fully saturated rings. The van der Waals surface area contributed by atoms with Gasteiger partial charge in [-0.25, -0.2) is 0 Å². The van der Waals surface area contributed by atoms with Gasteiger partial charge in [-0.15, -0.1) is 0 Å². The van der Waals surface area contributed by atoms with Crippen molar-refractivity contribution in [1.29, 1.82) is 0 Å². The second-order valence-corrected chi connectivity index (χ2v) is 4.83. The first-order valence-electron chi connectivity index (χ1n) is 6.80. The molecule has 1 atom stereocenters. The summed E-state index contributed by atoms with van der Waals surface area (Å²) in [7, 11) is 0. The van der Waals surface area contributed by atoms with Gasteiger partial charge in [0.15, 0.2) is 0 Å². The number of aliphatic hydroxyl groups is 1. The lowest BCUT2D eigenvalue weighted by atomic mass is 10.1. The largest absolute Gasteiger partial charge is 0.393 e. The van der Waals surface area contributed by atoms with E-state index in [0.717, 1.165) is 18.7 Å². The Balaban J connectivity index is 1.63. The summed E-state index contributed by atoms with van der Waals surface area (Å²) in [5.74, 6) is 0. The van der Waals surface area contributed by atoms with Crippen molar-refractivity contribution in [3.63, 3.8) is 0 Å². The number of pyridine rings is 1. The minimum Gasteiger partial charge on any atom is -0.393 e. The molecule has 0 radical (unpaired) electrons. The fourth-order valence-corrected chi connectivity index (χ4v) is 2.17.